The van der Waals surface area contributed by atoms with Gasteiger partial charge < -0.3 is 20.0 Å². The normalized spacial score (nSPS) is 21.8. The van der Waals surface area contributed by atoms with Crippen molar-refractivity contribution in [2.24, 2.45) is 17.6 Å². The molecule has 7 heteroatoms. The number of likely N-dealkylation sites (tertiary alicyclic amines) is 1. The molecule has 27 heavy (non-hydrogen) atoms. The van der Waals surface area contributed by atoms with Crippen LogP contribution in [0.25, 0.3) is 11.1 Å². The Morgan fingerprint density at radius 2 is 2.07 bits per heavy atom. The van der Waals surface area contributed by atoms with Crippen LogP contribution in [0.1, 0.15) is 32.1 Å². The van der Waals surface area contributed by atoms with Crippen molar-refractivity contribution in [3.8, 4) is 0 Å². The van der Waals surface area contributed by atoms with Crippen LogP contribution in [-0.4, -0.2) is 48.5 Å². The number of anilines is 1. The summed E-state index contributed by atoms with van der Waals surface area (Å²) in [6.07, 6.45) is 5.00. The molecule has 1 aromatic carbocycles. The molecule has 146 valence electrons. The molecule has 0 spiro atoms. The monoisotopic (exact) mass is 390 g/mol. The third kappa shape index (κ3) is 4.06. The third-order valence-corrected chi connectivity index (χ3v) is 6.09. The lowest BCUT2D eigenvalue weighted by Crippen LogP contribution is -2.46. The number of piperidine rings is 2. The standard InChI is InChI=1S/C20H27ClN4O2/c21-16-3-4-17-18(12-16)27-20(23-17)24-10-6-15(7-11-24)19(26)25-9-1-2-14(13-25)5-8-22/h3-4,12,14-15H,1-2,5-11,13,22H2. The number of aromatic nitrogens is 1. The number of benzene rings is 1. The number of hydrogen-bond acceptors (Lipinski definition) is 5. The highest BCUT2D eigenvalue weighted by Gasteiger charge is 2.32. The lowest BCUT2D eigenvalue weighted by Gasteiger charge is -2.37. The number of amides is 1. The molecule has 2 aliphatic rings. The first kappa shape index (κ1) is 18.6. The predicted molar refractivity (Wildman–Crippen MR) is 107 cm³/mol. The summed E-state index contributed by atoms with van der Waals surface area (Å²) in [6, 6.07) is 6.10. The zero-order valence-electron chi connectivity index (χ0n) is 15.6. The highest BCUT2D eigenvalue weighted by molar-refractivity contribution is 6.31. The van der Waals surface area contributed by atoms with E-state index in [0.717, 1.165) is 57.4 Å². The minimum atomic E-state index is 0.108. The van der Waals surface area contributed by atoms with Gasteiger partial charge in [0, 0.05) is 43.2 Å². The Kier molecular flexibility index (Phi) is 5.55. The van der Waals surface area contributed by atoms with E-state index in [4.69, 9.17) is 21.8 Å². The fraction of sp³-hybridized carbons (Fsp3) is 0.600. The van der Waals surface area contributed by atoms with Crippen LogP contribution in [0.15, 0.2) is 22.6 Å². The van der Waals surface area contributed by atoms with Crippen LogP contribution in [0, 0.1) is 11.8 Å². The number of carbonyl (C=O) groups excluding carboxylic acids is 1. The van der Waals surface area contributed by atoms with Crippen molar-refractivity contribution < 1.29 is 9.21 Å². The summed E-state index contributed by atoms with van der Waals surface area (Å²) in [6.45, 7) is 4.06. The number of oxazole rings is 1. The van der Waals surface area contributed by atoms with E-state index in [9.17, 15) is 4.79 Å². The molecule has 2 aromatic rings. The average Bonchev–Trinajstić information content (AvgIpc) is 3.11. The van der Waals surface area contributed by atoms with Gasteiger partial charge in [-0.15, -0.1) is 0 Å². The van der Waals surface area contributed by atoms with Crippen molar-refractivity contribution in [1.82, 2.24) is 9.88 Å². The highest BCUT2D eigenvalue weighted by atomic mass is 35.5. The Morgan fingerprint density at radius 1 is 1.26 bits per heavy atom. The minimum Gasteiger partial charge on any atom is -0.423 e. The Labute approximate surface area is 164 Å². The van der Waals surface area contributed by atoms with Gasteiger partial charge in [0.1, 0.15) is 5.52 Å². The summed E-state index contributed by atoms with van der Waals surface area (Å²) >= 11 is 6.02. The Bertz CT molecular complexity index is 798. The quantitative estimate of drug-likeness (QED) is 0.866. The van der Waals surface area contributed by atoms with Crippen LogP contribution in [0.2, 0.25) is 5.02 Å². The van der Waals surface area contributed by atoms with Crippen molar-refractivity contribution in [3.63, 3.8) is 0 Å². The Balaban J connectivity index is 1.35. The molecule has 4 rings (SSSR count). The van der Waals surface area contributed by atoms with Gasteiger partial charge >= 0.3 is 0 Å². The van der Waals surface area contributed by atoms with Gasteiger partial charge in [0.25, 0.3) is 6.01 Å². The maximum Gasteiger partial charge on any atom is 0.298 e. The molecule has 2 fully saturated rings. The summed E-state index contributed by atoms with van der Waals surface area (Å²) < 4.78 is 5.86. The van der Waals surface area contributed by atoms with Crippen LogP contribution in [0.3, 0.4) is 0 Å². The smallest absolute Gasteiger partial charge is 0.298 e. The zero-order valence-corrected chi connectivity index (χ0v) is 16.3. The van der Waals surface area contributed by atoms with E-state index < -0.39 is 0 Å². The Morgan fingerprint density at radius 3 is 2.85 bits per heavy atom. The number of carbonyl (C=O) groups is 1. The molecule has 0 aliphatic carbocycles. The lowest BCUT2D eigenvalue weighted by molar-refractivity contribution is -0.138. The fourth-order valence-electron chi connectivity index (χ4n) is 4.33. The molecule has 3 heterocycles. The molecular formula is C20H27ClN4O2. The SMILES string of the molecule is NCCC1CCCN(C(=O)C2CCN(c3nc4ccc(Cl)cc4o3)CC2)C1. The summed E-state index contributed by atoms with van der Waals surface area (Å²) in [5, 5.41) is 0.643. The molecule has 1 atom stereocenters. The van der Waals surface area contributed by atoms with E-state index in [1.165, 1.54) is 6.42 Å². The highest BCUT2D eigenvalue weighted by Crippen LogP contribution is 2.29. The molecule has 0 saturated carbocycles. The number of rotatable bonds is 4. The first-order valence-corrected chi connectivity index (χ1v) is 10.3. The average molecular weight is 391 g/mol. The van der Waals surface area contributed by atoms with Crippen molar-refractivity contribution in [2.75, 3.05) is 37.6 Å². The van der Waals surface area contributed by atoms with Gasteiger partial charge in [-0.25, -0.2) is 0 Å². The molecular weight excluding hydrogens is 364 g/mol. The maximum atomic E-state index is 12.9. The molecule has 1 aromatic heterocycles. The first-order chi connectivity index (χ1) is 13.1. The minimum absolute atomic E-state index is 0.108. The molecule has 0 bridgehead atoms. The van der Waals surface area contributed by atoms with Gasteiger partial charge in [-0.2, -0.15) is 4.98 Å². The summed E-state index contributed by atoms with van der Waals surface area (Å²) in [5.41, 5.74) is 7.21. The molecule has 1 amide bonds. The first-order valence-electron chi connectivity index (χ1n) is 9.94. The van der Waals surface area contributed by atoms with Gasteiger partial charge in [-0.3, -0.25) is 4.79 Å². The summed E-state index contributed by atoms with van der Waals surface area (Å²) in [5.74, 6) is 0.997. The van der Waals surface area contributed by atoms with Crippen LogP contribution < -0.4 is 10.6 Å². The van der Waals surface area contributed by atoms with Crippen molar-refractivity contribution >= 4 is 34.6 Å². The summed E-state index contributed by atoms with van der Waals surface area (Å²) in [7, 11) is 0. The number of hydrogen-bond donors (Lipinski definition) is 1. The van der Waals surface area contributed by atoms with Gasteiger partial charge in [-0.05, 0) is 56.7 Å². The van der Waals surface area contributed by atoms with E-state index in [2.05, 4.69) is 14.8 Å². The Hall–Kier alpha value is -1.79. The van der Waals surface area contributed by atoms with Crippen LogP contribution >= 0.6 is 11.6 Å². The van der Waals surface area contributed by atoms with Crippen molar-refractivity contribution in [1.29, 1.82) is 0 Å². The second kappa shape index (κ2) is 8.07. The number of halogens is 1. The van der Waals surface area contributed by atoms with E-state index in [-0.39, 0.29) is 5.92 Å². The molecule has 2 saturated heterocycles. The number of nitrogens with zero attached hydrogens (tertiary/aromatic N) is 3. The molecule has 0 radical (unpaired) electrons. The lowest BCUT2D eigenvalue weighted by atomic mass is 9.91. The predicted octanol–water partition coefficient (Wildman–Crippen LogP) is 3.29. The van der Waals surface area contributed by atoms with E-state index in [1.807, 2.05) is 12.1 Å². The second-order valence-electron chi connectivity index (χ2n) is 7.74. The third-order valence-electron chi connectivity index (χ3n) is 5.86. The van der Waals surface area contributed by atoms with Crippen LogP contribution in [-0.2, 0) is 4.79 Å². The van der Waals surface area contributed by atoms with E-state index >= 15 is 0 Å². The fourth-order valence-corrected chi connectivity index (χ4v) is 4.50. The van der Waals surface area contributed by atoms with Gasteiger partial charge in [0.15, 0.2) is 5.58 Å². The molecule has 6 nitrogen and oxygen atoms in total. The molecule has 2 N–H and O–H groups in total. The van der Waals surface area contributed by atoms with Crippen LogP contribution in [0.4, 0.5) is 6.01 Å². The summed E-state index contributed by atoms with van der Waals surface area (Å²) in [4.78, 5) is 21.7. The maximum absolute atomic E-state index is 12.9. The molecule has 1 unspecified atom stereocenters. The van der Waals surface area contributed by atoms with E-state index in [1.54, 1.807) is 6.07 Å². The topological polar surface area (TPSA) is 75.6 Å². The second-order valence-corrected chi connectivity index (χ2v) is 8.18. The zero-order chi connectivity index (χ0) is 18.8. The van der Waals surface area contributed by atoms with Crippen LogP contribution in [0.5, 0.6) is 0 Å². The number of fused-ring (bicyclic) bond motifs is 1. The van der Waals surface area contributed by atoms with Crippen molar-refractivity contribution in [2.45, 2.75) is 32.1 Å². The van der Waals surface area contributed by atoms with Gasteiger partial charge in [0.2, 0.25) is 5.91 Å². The van der Waals surface area contributed by atoms with Crippen molar-refractivity contribution in [3.05, 3.63) is 23.2 Å². The van der Waals surface area contributed by atoms with Gasteiger partial charge in [-0.1, -0.05) is 11.6 Å². The number of nitrogens with two attached hydrogens (primary N) is 1. The van der Waals surface area contributed by atoms with E-state index in [0.29, 0.717) is 35.0 Å². The van der Waals surface area contributed by atoms with Gasteiger partial charge in [0.05, 0.1) is 0 Å². The molecule has 2 aliphatic heterocycles. The largest absolute Gasteiger partial charge is 0.423 e.